The maximum absolute atomic E-state index is 11.5. The lowest BCUT2D eigenvalue weighted by molar-refractivity contribution is 0.247. The van der Waals surface area contributed by atoms with Crippen LogP contribution in [0.5, 0.6) is 0 Å². The number of aromatic nitrogens is 1. The SMILES string of the molecule is CN(CCc1ccncc1)C1CS(=O)(=O)CC1N. The summed E-state index contributed by atoms with van der Waals surface area (Å²) >= 11 is 0. The molecule has 0 saturated carbocycles. The monoisotopic (exact) mass is 269 g/mol. The third-order valence-electron chi connectivity index (χ3n) is 3.43. The first-order valence-electron chi connectivity index (χ1n) is 6.03. The molecular weight excluding hydrogens is 250 g/mol. The van der Waals surface area contributed by atoms with E-state index in [1.807, 2.05) is 19.2 Å². The molecule has 0 bridgehead atoms. The van der Waals surface area contributed by atoms with Crippen LogP contribution in [0.25, 0.3) is 0 Å². The Hall–Kier alpha value is -0.980. The number of nitrogens with two attached hydrogens (primary N) is 1. The van der Waals surface area contributed by atoms with Gasteiger partial charge in [-0.2, -0.15) is 0 Å². The molecule has 2 N–H and O–H groups in total. The maximum Gasteiger partial charge on any atom is 0.153 e. The van der Waals surface area contributed by atoms with Gasteiger partial charge in [0.2, 0.25) is 0 Å². The third kappa shape index (κ3) is 3.28. The zero-order valence-electron chi connectivity index (χ0n) is 10.5. The van der Waals surface area contributed by atoms with Crippen molar-refractivity contribution >= 4 is 9.84 Å². The number of hydrogen-bond donors (Lipinski definition) is 1. The van der Waals surface area contributed by atoms with Gasteiger partial charge in [0.15, 0.2) is 9.84 Å². The van der Waals surface area contributed by atoms with Crippen molar-refractivity contribution in [2.75, 3.05) is 25.1 Å². The zero-order valence-corrected chi connectivity index (χ0v) is 11.3. The molecule has 2 atom stereocenters. The van der Waals surface area contributed by atoms with Gasteiger partial charge in [-0.05, 0) is 31.2 Å². The van der Waals surface area contributed by atoms with Crippen molar-refractivity contribution in [1.29, 1.82) is 0 Å². The number of sulfone groups is 1. The van der Waals surface area contributed by atoms with Gasteiger partial charge < -0.3 is 10.6 Å². The predicted molar refractivity (Wildman–Crippen MR) is 71.0 cm³/mol. The second-order valence-electron chi connectivity index (χ2n) is 4.89. The van der Waals surface area contributed by atoms with E-state index in [0.29, 0.717) is 0 Å². The van der Waals surface area contributed by atoms with Crippen LogP contribution >= 0.6 is 0 Å². The molecule has 6 heteroatoms. The first kappa shape index (κ1) is 13.5. The van der Waals surface area contributed by atoms with E-state index in [-0.39, 0.29) is 23.6 Å². The molecule has 1 saturated heterocycles. The highest BCUT2D eigenvalue weighted by molar-refractivity contribution is 7.91. The number of likely N-dealkylation sites (N-methyl/N-ethyl adjacent to an activating group) is 1. The molecule has 1 fully saturated rings. The Bertz CT molecular complexity index is 489. The van der Waals surface area contributed by atoms with Crippen LogP contribution in [0, 0.1) is 0 Å². The maximum atomic E-state index is 11.5. The molecule has 2 heterocycles. The molecule has 1 aromatic heterocycles. The van der Waals surface area contributed by atoms with Gasteiger partial charge in [-0.25, -0.2) is 8.42 Å². The van der Waals surface area contributed by atoms with E-state index in [2.05, 4.69) is 9.88 Å². The Labute approximate surface area is 108 Å². The quantitative estimate of drug-likeness (QED) is 0.811. The first-order valence-corrected chi connectivity index (χ1v) is 7.85. The highest BCUT2D eigenvalue weighted by Gasteiger charge is 2.37. The van der Waals surface area contributed by atoms with Crippen LogP contribution in [-0.4, -0.2) is 55.5 Å². The molecule has 0 radical (unpaired) electrons. The fourth-order valence-corrected chi connectivity index (χ4v) is 4.30. The van der Waals surface area contributed by atoms with Crippen molar-refractivity contribution in [3.63, 3.8) is 0 Å². The normalized spacial score (nSPS) is 26.6. The molecule has 1 aliphatic rings. The van der Waals surface area contributed by atoms with E-state index in [9.17, 15) is 8.42 Å². The molecule has 2 rings (SSSR count). The molecule has 0 aliphatic carbocycles. The van der Waals surface area contributed by atoms with E-state index < -0.39 is 9.84 Å². The van der Waals surface area contributed by atoms with Crippen LogP contribution in [0.4, 0.5) is 0 Å². The Morgan fingerprint density at radius 2 is 2.06 bits per heavy atom. The van der Waals surface area contributed by atoms with Crippen molar-refractivity contribution in [3.8, 4) is 0 Å². The van der Waals surface area contributed by atoms with Gasteiger partial charge in [-0.1, -0.05) is 0 Å². The van der Waals surface area contributed by atoms with Crippen LogP contribution in [0.15, 0.2) is 24.5 Å². The summed E-state index contributed by atoms with van der Waals surface area (Å²) in [6, 6.07) is 3.62. The Morgan fingerprint density at radius 3 is 2.61 bits per heavy atom. The fourth-order valence-electron chi connectivity index (χ4n) is 2.33. The summed E-state index contributed by atoms with van der Waals surface area (Å²) in [7, 11) is -1.01. The van der Waals surface area contributed by atoms with E-state index >= 15 is 0 Å². The molecule has 0 aromatic carbocycles. The van der Waals surface area contributed by atoms with Gasteiger partial charge >= 0.3 is 0 Å². The molecule has 2 unspecified atom stereocenters. The summed E-state index contributed by atoms with van der Waals surface area (Å²) in [5.74, 6) is 0.290. The average molecular weight is 269 g/mol. The lowest BCUT2D eigenvalue weighted by Crippen LogP contribution is -2.45. The van der Waals surface area contributed by atoms with Gasteiger partial charge in [0.05, 0.1) is 11.5 Å². The minimum absolute atomic E-state index is 0.0585. The van der Waals surface area contributed by atoms with Crippen molar-refractivity contribution in [2.45, 2.75) is 18.5 Å². The highest BCUT2D eigenvalue weighted by atomic mass is 32.2. The van der Waals surface area contributed by atoms with E-state index in [1.54, 1.807) is 12.4 Å². The Morgan fingerprint density at radius 1 is 1.39 bits per heavy atom. The second-order valence-corrected chi connectivity index (χ2v) is 7.05. The first-order chi connectivity index (χ1) is 8.48. The standard InChI is InChI=1S/C12H19N3O2S/c1-15(7-4-10-2-5-14-6-3-10)12-9-18(16,17)8-11(12)13/h2-3,5-6,11-12H,4,7-9,13H2,1H3. The number of rotatable bonds is 4. The van der Waals surface area contributed by atoms with Crippen molar-refractivity contribution in [1.82, 2.24) is 9.88 Å². The molecular formula is C12H19N3O2S. The van der Waals surface area contributed by atoms with E-state index in [4.69, 9.17) is 5.73 Å². The van der Waals surface area contributed by atoms with Gasteiger partial charge in [0.25, 0.3) is 0 Å². The number of nitrogens with zero attached hydrogens (tertiary/aromatic N) is 2. The van der Waals surface area contributed by atoms with Gasteiger partial charge in [0.1, 0.15) is 0 Å². The Balaban J connectivity index is 1.91. The lowest BCUT2D eigenvalue weighted by atomic mass is 10.1. The number of pyridine rings is 1. The summed E-state index contributed by atoms with van der Waals surface area (Å²) in [5.41, 5.74) is 7.09. The van der Waals surface area contributed by atoms with Crippen LogP contribution in [-0.2, 0) is 16.3 Å². The zero-order chi connectivity index (χ0) is 13.2. The minimum atomic E-state index is -2.95. The smallest absolute Gasteiger partial charge is 0.153 e. The molecule has 1 aliphatic heterocycles. The van der Waals surface area contributed by atoms with E-state index in [1.165, 1.54) is 5.56 Å². The molecule has 1 aromatic rings. The molecule has 100 valence electrons. The van der Waals surface area contributed by atoms with Crippen molar-refractivity contribution < 1.29 is 8.42 Å². The second kappa shape index (κ2) is 5.34. The summed E-state index contributed by atoms with van der Waals surface area (Å²) in [5, 5.41) is 0. The van der Waals surface area contributed by atoms with Crippen LogP contribution in [0.1, 0.15) is 5.56 Å². The van der Waals surface area contributed by atoms with Crippen LogP contribution in [0.2, 0.25) is 0 Å². The highest BCUT2D eigenvalue weighted by Crippen LogP contribution is 2.16. The number of hydrogen-bond acceptors (Lipinski definition) is 5. The van der Waals surface area contributed by atoms with Crippen molar-refractivity contribution in [3.05, 3.63) is 30.1 Å². The summed E-state index contributed by atoms with van der Waals surface area (Å²) in [6.45, 7) is 0.803. The molecule has 5 nitrogen and oxygen atoms in total. The predicted octanol–water partition coefficient (Wildman–Crippen LogP) is -0.320. The minimum Gasteiger partial charge on any atom is -0.325 e. The fraction of sp³-hybridized carbons (Fsp3) is 0.583. The summed E-state index contributed by atoms with van der Waals surface area (Å²) in [4.78, 5) is 6.02. The lowest BCUT2D eigenvalue weighted by Gasteiger charge is -2.26. The van der Waals surface area contributed by atoms with E-state index in [0.717, 1.165) is 13.0 Å². The Kier molecular flexibility index (Phi) is 3.99. The van der Waals surface area contributed by atoms with Crippen molar-refractivity contribution in [2.24, 2.45) is 5.73 Å². The van der Waals surface area contributed by atoms with Gasteiger partial charge in [0, 0.05) is 31.0 Å². The average Bonchev–Trinajstić information content (AvgIpc) is 2.61. The summed E-state index contributed by atoms with van der Waals surface area (Å²) < 4.78 is 23.0. The topological polar surface area (TPSA) is 76.3 Å². The molecule has 0 amide bonds. The van der Waals surface area contributed by atoms with Gasteiger partial charge in [-0.15, -0.1) is 0 Å². The molecule has 0 spiro atoms. The largest absolute Gasteiger partial charge is 0.325 e. The van der Waals surface area contributed by atoms with Crippen LogP contribution < -0.4 is 5.73 Å². The summed E-state index contributed by atoms with van der Waals surface area (Å²) in [6.07, 6.45) is 4.41. The van der Waals surface area contributed by atoms with Crippen LogP contribution in [0.3, 0.4) is 0 Å². The third-order valence-corrected chi connectivity index (χ3v) is 5.18. The molecule has 18 heavy (non-hydrogen) atoms. The van der Waals surface area contributed by atoms with Gasteiger partial charge in [-0.3, -0.25) is 4.98 Å².